The monoisotopic (exact) mass is 453 g/mol. The topological polar surface area (TPSA) is 22.0 Å². The van der Waals surface area contributed by atoms with Crippen LogP contribution in [0, 0.1) is 3.57 Å². The molecule has 1 aliphatic carbocycles. The Kier molecular flexibility index (Phi) is 5.46. The van der Waals surface area contributed by atoms with Gasteiger partial charge >= 0.3 is 0 Å². The molecule has 2 unspecified atom stereocenters. The van der Waals surface area contributed by atoms with Crippen LogP contribution in [0.4, 0.5) is 8.78 Å². The fourth-order valence-corrected chi connectivity index (χ4v) is 12.6. The van der Waals surface area contributed by atoms with E-state index in [0.717, 1.165) is 9.26 Å². The SMILES string of the molecule is CC(C)[Si](C(C)C)(C(C)C)n1cc(I)c2c1CC(F)C(F)C2=O. The average Bonchev–Trinajstić information content (AvgIpc) is 2.73. The third-order valence-corrected chi connectivity index (χ3v) is 13.1. The van der Waals surface area contributed by atoms with E-state index in [9.17, 15) is 13.6 Å². The third-order valence-electron chi connectivity index (χ3n) is 5.46. The number of hydrogen-bond acceptors (Lipinski definition) is 1. The molecular weight excluding hydrogens is 427 g/mol. The molecule has 23 heavy (non-hydrogen) atoms. The van der Waals surface area contributed by atoms with Crippen LogP contribution in [0.5, 0.6) is 0 Å². The summed E-state index contributed by atoms with van der Waals surface area (Å²) in [4.78, 5) is 12.3. The molecule has 1 aromatic heterocycles. The van der Waals surface area contributed by atoms with Crippen LogP contribution in [-0.4, -0.2) is 30.6 Å². The van der Waals surface area contributed by atoms with E-state index in [4.69, 9.17) is 0 Å². The fraction of sp³-hybridized carbons (Fsp3) is 0.706. The first-order valence-corrected chi connectivity index (χ1v) is 11.5. The zero-order valence-corrected chi connectivity index (χ0v) is 17.8. The molecule has 0 N–H and O–H groups in total. The number of fused-ring (bicyclic) bond motifs is 1. The summed E-state index contributed by atoms with van der Waals surface area (Å²) in [7, 11) is -2.07. The van der Waals surface area contributed by atoms with Gasteiger partial charge in [-0.05, 0) is 39.2 Å². The van der Waals surface area contributed by atoms with Crippen LogP contribution < -0.4 is 0 Å². The molecule has 130 valence electrons. The molecule has 0 aliphatic heterocycles. The number of carbonyl (C=O) groups is 1. The lowest BCUT2D eigenvalue weighted by Crippen LogP contribution is -2.53. The summed E-state index contributed by atoms with van der Waals surface area (Å²) in [5.41, 5.74) is 2.46. The average molecular weight is 453 g/mol. The minimum atomic E-state index is -2.07. The zero-order chi connectivity index (χ0) is 17.7. The first kappa shape index (κ1) is 19.1. The maximum atomic E-state index is 14.1. The zero-order valence-electron chi connectivity index (χ0n) is 14.7. The van der Waals surface area contributed by atoms with Gasteiger partial charge in [-0.15, -0.1) is 0 Å². The van der Waals surface area contributed by atoms with Crippen molar-refractivity contribution in [2.45, 2.75) is 76.9 Å². The quantitative estimate of drug-likeness (QED) is 0.434. The summed E-state index contributed by atoms with van der Waals surface area (Å²) in [5.74, 6) is -0.680. The van der Waals surface area contributed by atoms with Crippen molar-refractivity contribution in [3.05, 3.63) is 21.0 Å². The molecule has 0 aromatic carbocycles. The van der Waals surface area contributed by atoms with E-state index in [1.165, 1.54) is 0 Å². The fourth-order valence-electron chi connectivity index (χ4n) is 4.74. The van der Waals surface area contributed by atoms with Crippen LogP contribution in [0.2, 0.25) is 16.6 Å². The highest BCUT2D eigenvalue weighted by Crippen LogP contribution is 2.45. The van der Waals surface area contributed by atoms with Crippen LogP contribution in [0.25, 0.3) is 0 Å². The molecule has 2 rings (SSSR count). The maximum Gasteiger partial charge on any atom is 0.202 e. The highest BCUT2D eigenvalue weighted by atomic mass is 127. The molecule has 6 heteroatoms. The number of carbonyl (C=O) groups excluding carboxylic acids is 1. The lowest BCUT2D eigenvalue weighted by Gasteiger charge is -2.45. The Hall–Kier alpha value is -0.243. The number of halogens is 3. The van der Waals surface area contributed by atoms with Gasteiger partial charge in [0.2, 0.25) is 5.78 Å². The number of alkyl halides is 2. The first-order valence-electron chi connectivity index (χ1n) is 8.29. The molecule has 1 aromatic rings. The van der Waals surface area contributed by atoms with Gasteiger partial charge < -0.3 is 4.23 Å². The molecule has 0 amide bonds. The van der Waals surface area contributed by atoms with Gasteiger partial charge in [0.1, 0.15) is 6.17 Å². The normalized spacial score (nSPS) is 22.3. The predicted molar refractivity (Wildman–Crippen MR) is 101 cm³/mol. The standard InChI is InChI=1S/C17H26F2INOSi/c1-9(2)23(10(3)4,11(5)6)21-8-13(20)15-14(21)7-12(18)16(19)17(15)22/h8-12,16H,7H2,1-6H3. The number of Topliss-reactive ketones (excluding diaryl/α,β-unsaturated/α-hetero) is 1. The van der Waals surface area contributed by atoms with E-state index in [1.807, 2.05) is 6.20 Å². The van der Waals surface area contributed by atoms with E-state index in [-0.39, 0.29) is 6.42 Å². The van der Waals surface area contributed by atoms with Gasteiger partial charge in [0, 0.05) is 21.9 Å². The van der Waals surface area contributed by atoms with Crippen molar-refractivity contribution < 1.29 is 13.6 Å². The predicted octanol–water partition coefficient (Wildman–Crippen LogP) is 5.53. The van der Waals surface area contributed by atoms with E-state index in [2.05, 4.69) is 68.4 Å². The van der Waals surface area contributed by atoms with Gasteiger partial charge in [0.25, 0.3) is 0 Å². The molecule has 1 aliphatic rings. The largest absolute Gasteiger partial charge is 0.375 e. The highest BCUT2D eigenvalue weighted by molar-refractivity contribution is 14.1. The second-order valence-electron chi connectivity index (χ2n) is 7.51. The van der Waals surface area contributed by atoms with Gasteiger partial charge in [-0.25, -0.2) is 8.78 Å². The van der Waals surface area contributed by atoms with Crippen molar-refractivity contribution in [3.8, 4) is 0 Å². The van der Waals surface area contributed by atoms with E-state index >= 15 is 0 Å². The van der Waals surface area contributed by atoms with Crippen LogP contribution in [0.3, 0.4) is 0 Å². The van der Waals surface area contributed by atoms with Gasteiger partial charge in [0.05, 0.1) is 5.56 Å². The van der Waals surface area contributed by atoms with Crippen LogP contribution in [-0.2, 0) is 6.42 Å². The van der Waals surface area contributed by atoms with Crippen molar-refractivity contribution in [1.29, 1.82) is 0 Å². The van der Waals surface area contributed by atoms with Crippen LogP contribution in [0.15, 0.2) is 6.20 Å². The van der Waals surface area contributed by atoms with Gasteiger partial charge in [-0.2, -0.15) is 0 Å². The molecule has 0 saturated heterocycles. The smallest absolute Gasteiger partial charge is 0.202 e. The molecule has 0 bridgehead atoms. The van der Waals surface area contributed by atoms with Crippen molar-refractivity contribution in [2.75, 3.05) is 0 Å². The number of aromatic nitrogens is 1. The molecule has 1 heterocycles. The minimum Gasteiger partial charge on any atom is -0.375 e. The van der Waals surface area contributed by atoms with Crippen molar-refractivity contribution >= 4 is 36.6 Å². The minimum absolute atomic E-state index is 0.00610. The Balaban J connectivity index is 2.76. The molecule has 0 radical (unpaired) electrons. The molecule has 0 saturated carbocycles. The molecule has 0 fully saturated rings. The molecular formula is C17H26F2INOSi. The Labute approximate surface area is 152 Å². The lowest BCUT2D eigenvalue weighted by molar-refractivity contribution is 0.0730. The Bertz CT molecular complexity index is 590. The summed E-state index contributed by atoms with van der Waals surface area (Å²) >= 11 is 2.10. The van der Waals surface area contributed by atoms with E-state index in [1.54, 1.807) is 0 Å². The number of hydrogen-bond donors (Lipinski definition) is 0. The summed E-state index contributed by atoms with van der Waals surface area (Å²) in [6.45, 7) is 13.3. The van der Waals surface area contributed by atoms with Crippen LogP contribution in [0.1, 0.15) is 57.6 Å². The molecule has 2 nitrogen and oxygen atoms in total. The Morgan fingerprint density at radius 3 is 2.04 bits per heavy atom. The second-order valence-corrected chi connectivity index (χ2v) is 14.4. The summed E-state index contributed by atoms with van der Waals surface area (Å²) < 4.78 is 31.0. The molecule has 0 spiro atoms. The van der Waals surface area contributed by atoms with Crippen molar-refractivity contribution in [2.24, 2.45) is 0 Å². The second kappa shape index (κ2) is 6.58. The first-order chi connectivity index (χ1) is 10.6. The summed E-state index contributed by atoms with van der Waals surface area (Å²) in [5, 5.41) is 0. The van der Waals surface area contributed by atoms with Gasteiger partial charge in [-0.1, -0.05) is 41.5 Å². The van der Waals surface area contributed by atoms with Crippen molar-refractivity contribution in [1.82, 2.24) is 4.23 Å². The van der Waals surface area contributed by atoms with E-state index < -0.39 is 26.4 Å². The Morgan fingerprint density at radius 2 is 1.61 bits per heavy atom. The lowest BCUT2D eigenvalue weighted by atomic mass is 9.94. The number of nitrogens with zero attached hydrogens (tertiary/aromatic N) is 1. The van der Waals surface area contributed by atoms with E-state index in [0.29, 0.717) is 22.2 Å². The van der Waals surface area contributed by atoms with Gasteiger partial charge in [-0.3, -0.25) is 4.79 Å². The van der Waals surface area contributed by atoms with Gasteiger partial charge in [0.15, 0.2) is 14.4 Å². The number of ketones is 1. The van der Waals surface area contributed by atoms with Crippen LogP contribution >= 0.6 is 22.6 Å². The summed E-state index contributed by atoms with van der Waals surface area (Å²) in [6.07, 6.45) is -1.75. The third kappa shape index (κ3) is 2.73. The highest BCUT2D eigenvalue weighted by Gasteiger charge is 2.49. The maximum absolute atomic E-state index is 14.1. The number of rotatable bonds is 4. The van der Waals surface area contributed by atoms with Crippen molar-refractivity contribution in [3.63, 3.8) is 0 Å². The molecule has 2 atom stereocenters. The Morgan fingerprint density at radius 1 is 1.13 bits per heavy atom. The summed E-state index contributed by atoms with van der Waals surface area (Å²) in [6, 6.07) is 0.